The molecule has 5 heteroatoms. The minimum Gasteiger partial charge on any atom is -0.291 e. The molecule has 0 bridgehead atoms. The zero-order chi connectivity index (χ0) is 13.4. The topological polar surface area (TPSA) is 59.4 Å². The van der Waals surface area contributed by atoms with Crippen LogP contribution in [0.2, 0.25) is 0 Å². The van der Waals surface area contributed by atoms with Gasteiger partial charge in [-0.05, 0) is 31.5 Å². The van der Waals surface area contributed by atoms with Gasteiger partial charge >= 0.3 is 0 Å². The molecule has 3 rings (SSSR count). The van der Waals surface area contributed by atoms with Gasteiger partial charge in [0.2, 0.25) is 0 Å². The zero-order valence-electron chi connectivity index (χ0n) is 11.2. The fraction of sp³-hybridized carbons (Fsp3) is 0.286. The number of benzene rings is 1. The summed E-state index contributed by atoms with van der Waals surface area (Å²) in [7, 11) is 0. The van der Waals surface area contributed by atoms with E-state index in [0.717, 1.165) is 36.0 Å². The van der Waals surface area contributed by atoms with Gasteiger partial charge in [0.25, 0.3) is 0 Å². The average Bonchev–Trinajstić information content (AvgIpc) is 2.96. The third-order valence-electron chi connectivity index (χ3n) is 3.28. The number of aliphatic imine (C=N–C) groups is 1. The molecule has 1 aromatic carbocycles. The van der Waals surface area contributed by atoms with Crippen molar-refractivity contribution in [1.82, 2.24) is 14.8 Å². The lowest BCUT2D eigenvalue weighted by Crippen LogP contribution is -2.36. The predicted octanol–water partition coefficient (Wildman–Crippen LogP) is 1.43. The van der Waals surface area contributed by atoms with E-state index in [9.17, 15) is 0 Å². The van der Waals surface area contributed by atoms with Crippen LogP contribution in [0.3, 0.4) is 0 Å². The van der Waals surface area contributed by atoms with Crippen LogP contribution < -0.4 is 5.84 Å². The first kappa shape index (κ1) is 11.9. The Morgan fingerprint density at radius 3 is 2.68 bits per heavy atom. The summed E-state index contributed by atoms with van der Waals surface area (Å²) in [5.41, 5.74) is 4.15. The minimum absolute atomic E-state index is 0.740. The monoisotopic (exact) mass is 255 g/mol. The average molecular weight is 255 g/mol. The maximum atomic E-state index is 5.97. The molecule has 1 aliphatic heterocycles. The molecule has 0 unspecified atom stereocenters. The van der Waals surface area contributed by atoms with Crippen LogP contribution in [-0.2, 0) is 0 Å². The van der Waals surface area contributed by atoms with Crippen LogP contribution in [0.4, 0.5) is 0 Å². The Balaban J connectivity index is 2.15. The highest BCUT2D eigenvalue weighted by Crippen LogP contribution is 2.18. The second-order valence-electron chi connectivity index (χ2n) is 4.77. The maximum absolute atomic E-state index is 5.97. The Morgan fingerprint density at radius 1 is 1.21 bits per heavy atom. The van der Waals surface area contributed by atoms with E-state index in [1.54, 1.807) is 5.01 Å². The van der Waals surface area contributed by atoms with Crippen LogP contribution >= 0.6 is 0 Å². The number of aryl methyl sites for hydroxylation is 2. The van der Waals surface area contributed by atoms with Gasteiger partial charge in [-0.2, -0.15) is 5.10 Å². The van der Waals surface area contributed by atoms with Crippen molar-refractivity contribution in [3.63, 3.8) is 0 Å². The third kappa shape index (κ3) is 2.02. The number of nitrogens with two attached hydrogens (primary N) is 1. The van der Waals surface area contributed by atoms with Crippen LogP contribution in [0.5, 0.6) is 0 Å². The Bertz CT molecular complexity index is 641. The lowest BCUT2D eigenvalue weighted by molar-refractivity contribution is 0.482. The first-order valence-corrected chi connectivity index (χ1v) is 6.36. The molecule has 0 atom stereocenters. The number of rotatable bonds is 2. The van der Waals surface area contributed by atoms with Crippen molar-refractivity contribution < 1.29 is 0 Å². The van der Waals surface area contributed by atoms with Crippen LogP contribution in [0.15, 0.2) is 35.3 Å². The highest BCUT2D eigenvalue weighted by molar-refractivity contribution is 5.98. The molecule has 0 saturated heterocycles. The molecule has 2 aromatic rings. The molecule has 0 spiro atoms. The predicted molar refractivity (Wildman–Crippen MR) is 75.3 cm³/mol. The summed E-state index contributed by atoms with van der Waals surface area (Å²) in [6.45, 7) is 5.55. The van der Waals surface area contributed by atoms with Gasteiger partial charge in [-0.25, -0.2) is 10.5 Å². The summed E-state index contributed by atoms with van der Waals surface area (Å²) in [4.78, 5) is 4.47. The molecule has 19 heavy (non-hydrogen) atoms. The van der Waals surface area contributed by atoms with Crippen LogP contribution in [0, 0.1) is 13.8 Å². The highest BCUT2D eigenvalue weighted by atomic mass is 15.5. The molecular formula is C14H17N5. The lowest BCUT2D eigenvalue weighted by Gasteiger charge is -2.15. The van der Waals surface area contributed by atoms with Gasteiger partial charge in [0.15, 0.2) is 5.84 Å². The number of hydrogen-bond donors (Lipinski definition) is 1. The molecule has 1 aromatic heterocycles. The molecular weight excluding hydrogens is 238 g/mol. The fourth-order valence-corrected chi connectivity index (χ4v) is 2.33. The van der Waals surface area contributed by atoms with E-state index < -0.39 is 0 Å². The number of nitrogens with zero attached hydrogens (tertiary/aromatic N) is 4. The van der Waals surface area contributed by atoms with E-state index in [0.29, 0.717) is 0 Å². The standard InChI is InChI=1S/C14H17N5/c1-10-5-3-4-6-12(10)19-13(9-11(2)17-19)14-16-7-8-18(14)15/h3-6,9H,7-8,15H2,1-2H3. The van der Waals surface area contributed by atoms with E-state index >= 15 is 0 Å². The zero-order valence-corrected chi connectivity index (χ0v) is 11.2. The minimum atomic E-state index is 0.740. The van der Waals surface area contributed by atoms with Crippen molar-refractivity contribution >= 4 is 5.84 Å². The first-order chi connectivity index (χ1) is 9.16. The van der Waals surface area contributed by atoms with Crippen molar-refractivity contribution in [3.8, 4) is 5.69 Å². The van der Waals surface area contributed by atoms with Crippen molar-refractivity contribution in [3.05, 3.63) is 47.3 Å². The van der Waals surface area contributed by atoms with Gasteiger partial charge in [-0.3, -0.25) is 10.0 Å². The van der Waals surface area contributed by atoms with Crippen LogP contribution in [0.25, 0.3) is 5.69 Å². The Hall–Kier alpha value is -2.14. The molecule has 0 fully saturated rings. The molecule has 1 aliphatic rings. The SMILES string of the molecule is Cc1cc(C2=NCCN2N)n(-c2ccccc2C)n1. The summed E-state index contributed by atoms with van der Waals surface area (Å²) in [5, 5.41) is 6.26. The molecule has 98 valence electrons. The molecule has 5 nitrogen and oxygen atoms in total. The summed E-state index contributed by atoms with van der Waals surface area (Å²) in [6.07, 6.45) is 0. The quantitative estimate of drug-likeness (QED) is 0.826. The highest BCUT2D eigenvalue weighted by Gasteiger charge is 2.21. The smallest absolute Gasteiger partial charge is 0.164 e. The molecule has 0 saturated carbocycles. The van der Waals surface area contributed by atoms with Crippen LogP contribution in [-0.4, -0.2) is 33.7 Å². The summed E-state index contributed by atoms with van der Waals surface area (Å²) < 4.78 is 1.93. The fourth-order valence-electron chi connectivity index (χ4n) is 2.33. The van der Waals surface area contributed by atoms with Crippen molar-refractivity contribution in [2.45, 2.75) is 13.8 Å². The van der Waals surface area contributed by atoms with Gasteiger partial charge in [0.1, 0.15) is 5.69 Å². The number of amidine groups is 1. The molecule has 2 heterocycles. The molecule has 0 radical (unpaired) electrons. The van der Waals surface area contributed by atoms with Crippen molar-refractivity contribution in [2.75, 3.05) is 13.1 Å². The molecule has 0 aliphatic carbocycles. The summed E-state index contributed by atoms with van der Waals surface area (Å²) >= 11 is 0. The number of hydrogen-bond acceptors (Lipinski definition) is 4. The van der Waals surface area contributed by atoms with E-state index in [1.165, 1.54) is 5.56 Å². The lowest BCUT2D eigenvalue weighted by atomic mass is 10.2. The Morgan fingerprint density at radius 2 is 2.00 bits per heavy atom. The van der Waals surface area contributed by atoms with Crippen molar-refractivity contribution in [2.24, 2.45) is 10.8 Å². The van der Waals surface area contributed by atoms with Gasteiger partial charge in [0, 0.05) is 0 Å². The second-order valence-corrected chi connectivity index (χ2v) is 4.77. The van der Waals surface area contributed by atoms with Gasteiger partial charge in [-0.1, -0.05) is 18.2 Å². The Labute approximate surface area is 112 Å². The van der Waals surface area contributed by atoms with E-state index in [1.807, 2.05) is 29.8 Å². The van der Waals surface area contributed by atoms with E-state index in [-0.39, 0.29) is 0 Å². The normalized spacial score (nSPS) is 14.9. The summed E-state index contributed by atoms with van der Waals surface area (Å²) in [6, 6.07) is 10.2. The number of hydrazine groups is 1. The molecule has 2 N–H and O–H groups in total. The van der Waals surface area contributed by atoms with E-state index in [4.69, 9.17) is 5.84 Å². The van der Waals surface area contributed by atoms with Gasteiger partial charge in [0.05, 0.1) is 24.5 Å². The summed E-state index contributed by atoms with van der Waals surface area (Å²) in [5.74, 6) is 6.78. The third-order valence-corrected chi connectivity index (χ3v) is 3.28. The van der Waals surface area contributed by atoms with Crippen LogP contribution in [0.1, 0.15) is 17.0 Å². The second kappa shape index (κ2) is 4.51. The van der Waals surface area contributed by atoms with Gasteiger partial charge < -0.3 is 0 Å². The van der Waals surface area contributed by atoms with Crippen molar-refractivity contribution in [1.29, 1.82) is 0 Å². The number of aromatic nitrogens is 2. The maximum Gasteiger partial charge on any atom is 0.164 e. The Kier molecular flexibility index (Phi) is 2.83. The molecule has 0 amide bonds. The van der Waals surface area contributed by atoms with E-state index in [2.05, 4.69) is 29.1 Å². The first-order valence-electron chi connectivity index (χ1n) is 6.36. The largest absolute Gasteiger partial charge is 0.291 e. The van der Waals surface area contributed by atoms with Gasteiger partial charge in [-0.15, -0.1) is 0 Å². The number of para-hydroxylation sites is 1.